The molecule has 54 valence electrons. The van der Waals surface area contributed by atoms with Gasteiger partial charge in [-0.1, -0.05) is 13.0 Å². The molecule has 0 saturated carbocycles. The van der Waals surface area contributed by atoms with E-state index in [1.165, 1.54) is 0 Å². The van der Waals surface area contributed by atoms with Crippen molar-refractivity contribution < 1.29 is 0 Å². The summed E-state index contributed by atoms with van der Waals surface area (Å²) < 4.78 is 0. The third-order valence-electron chi connectivity index (χ3n) is 1.16. The Morgan fingerprint density at radius 3 is 2.56 bits per heavy atom. The Morgan fingerprint density at radius 2 is 2.22 bits per heavy atom. The summed E-state index contributed by atoms with van der Waals surface area (Å²) in [6.45, 7) is 6.10. The van der Waals surface area contributed by atoms with Crippen LogP contribution in [-0.2, 0) is 0 Å². The highest BCUT2D eigenvalue weighted by atomic mass is 15.2. The van der Waals surface area contributed by atoms with E-state index in [4.69, 9.17) is 11.5 Å². The Labute approximate surface area is 56.1 Å². The monoisotopic (exact) mass is 129 g/mol. The van der Waals surface area contributed by atoms with Crippen molar-refractivity contribution in [1.29, 1.82) is 0 Å². The van der Waals surface area contributed by atoms with Crippen LogP contribution in [0.1, 0.15) is 13.3 Å². The first-order valence-corrected chi connectivity index (χ1v) is 3.06. The van der Waals surface area contributed by atoms with Gasteiger partial charge in [-0.15, -0.1) is 6.58 Å². The maximum absolute atomic E-state index is 5.52. The van der Waals surface area contributed by atoms with Gasteiger partial charge in [0.1, 0.15) is 5.79 Å². The van der Waals surface area contributed by atoms with Crippen molar-refractivity contribution in [2.24, 2.45) is 11.5 Å². The summed E-state index contributed by atoms with van der Waals surface area (Å²) in [5, 5.41) is 2.90. The highest BCUT2D eigenvalue weighted by Gasteiger charge is 2.12. The summed E-state index contributed by atoms with van der Waals surface area (Å²) in [5.74, 6) is -0.728. The molecule has 0 radical (unpaired) electrons. The highest BCUT2D eigenvalue weighted by molar-refractivity contribution is 4.78. The molecule has 0 heterocycles. The molecule has 0 fully saturated rings. The average molecular weight is 129 g/mol. The van der Waals surface area contributed by atoms with E-state index >= 15 is 0 Å². The fourth-order valence-electron chi connectivity index (χ4n) is 0.387. The summed E-state index contributed by atoms with van der Waals surface area (Å²) in [7, 11) is 0. The van der Waals surface area contributed by atoms with Gasteiger partial charge < -0.3 is 11.5 Å². The van der Waals surface area contributed by atoms with E-state index in [0.29, 0.717) is 13.0 Å². The third-order valence-corrected chi connectivity index (χ3v) is 1.16. The first-order valence-electron chi connectivity index (χ1n) is 3.06. The molecule has 0 aromatic rings. The molecular weight excluding hydrogens is 114 g/mol. The van der Waals surface area contributed by atoms with Crippen LogP contribution >= 0.6 is 0 Å². The maximum Gasteiger partial charge on any atom is 0.118 e. The van der Waals surface area contributed by atoms with Crippen LogP contribution in [0.2, 0.25) is 0 Å². The predicted octanol–water partition coefficient (Wildman–Crippen LogP) is -0.257. The molecule has 0 atom stereocenters. The molecule has 0 rings (SSSR count). The molecule has 0 bridgehead atoms. The molecule has 0 unspecified atom stereocenters. The van der Waals surface area contributed by atoms with Crippen LogP contribution in [0.25, 0.3) is 0 Å². The van der Waals surface area contributed by atoms with Gasteiger partial charge in [0, 0.05) is 6.54 Å². The number of nitrogens with two attached hydrogens (primary N) is 2. The standard InChI is InChI=1S/C6H15N3/c1-3-5-9-6(7,8)4-2/h3,9H,1,4-5,7-8H2,2H3. The van der Waals surface area contributed by atoms with Crippen molar-refractivity contribution in [3.8, 4) is 0 Å². The molecule has 0 spiro atoms. The highest BCUT2D eigenvalue weighted by Crippen LogP contribution is 1.88. The van der Waals surface area contributed by atoms with Gasteiger partial charge in [0.2, 0.25) is 0 Å². The number of hydrogen-bond acceptors (Lipinski definition) is 3. The van der Waals surface area contributed by atoms with Gasteiger partial charge >= 0.3 is 0 Å². The second kappa shape index (κ2) is 3.61. The van der Waals surface area contributed by atoms with Crippen LogP contribution in [0.4, 0.5) is 0 Å². The normalized spacial score (nSPS) is 11.4. The van der Waals surface area contributed by atoms with Gasteiger partial charge in [-0.05, 0) is 6.42 Å². The lowest BCUT2D eigenvalue weighted by Gasteiger charge is -2.22. The van der Waals surface area contributed by atoms with Crippen LogP contribution in [0.3, 0.4) is 0 Å². The second-order valence-corrected chi connectivity index (χ2v) is 2.06. The summed E-state index contributed by atoms with van der Waals surface area (Å²) in [6.07, 6.45) is 2.44. The Hall–Kier alpha value is -0.380. The van der Waals surface area contributed by atoms with Gasteiger partial charge in [0.25, 0.3) is 0 Å². The van der Waals surface area contributed by atoms with E-state index in [1.54, 1.807) is 6.08 Å². The zero-order chi connectivity index (χ0) is 7.33. The topological polar surface area (TPSA) is 64.1 Å². The summed E-state index contributed by atoms with van der Waals surface area (Å²) in [4.78, 5) is 0. The van der Waals surface area contributed by atoms with Gasteiger partial charge in [-0.3, -0.25) is 5.32 Å². The quantitative estimate of drug-likeness (QED) is 0.362. The molecule has 5 N–H and O–H groups in total. The summed E-state index contributed by atoms with van der Waals surface area (Å²) >= 11 is 0. The van der Waals surface area contributed by atoms with Crippen molar-refractivity contribution in [3.63, 3.8) is 0 Å². The molecule has 0 aromatic heterocycles. The minimum absolute atomic E-state index is 0.654. The molecule has 0 saturated heterocycles. The largest absolute Gasteiger partial charge is 0.301 e. The minimum atomic E-state index is -0.728. The molecule has 0 aliphatic rings. The average Bonchev–Trinajstić information content (AvgIpc) is 1.84. The lowest BCUT2D eigenvalue weighted by molar-refractivity contribution is 0.350. The summed E-state index contributed by atoms with van der Waals surface area (Å²) in [5.41, 5.74) is 11.0. The first-order chi connectivity index (χ1) is 4.12. The minimum Gasteiger partial charge on any atom is -0.301 e. The Kier molecular flexibility index (Phi) is 3.46. The smallest absolute Gasteiger partial charge is 0.118 e. The molecule has 0 aromatic carbocycles. The van der Waals surface area contributed by atoms with Gasteiger partial charge in [0.05, 0.1) is 0 Å². The molecule has 3 heteroatoms. The Bertz CT molecular complexity index is 88.3. The van der Waals surface area contributed by atoms with Crippen molar-refractivity contribution in [2.75, 3.05) is 6.54 Å². The van der Waals surface area contributed by atoms with Crippen LogP contribution < -0.4 is 16.8 Å². The molecule has 9 heavy (non-hydrogen) atoms. The molecule has 3 nitrogen and oxygen atoms in total. The van der Waals surface area contributed by atoms with E-state index in [-0.39, 0.29) is 0 Å². The van der Waals surface area contributed by atoms with E-state index in [1.807, 2.05) is 6.92 Å². The number of rotatable bonds is 4. The van der Waals surface area contributed by atoms with Gasteiger partial charge in [-0.25, -0.2) is 0 Å². The van der Waals surface area contributed by atoms with Crippen LogP contribution in [0, 0.1) is 0 Å². The van der Waals surface area contributed by atoms with Crippen molar-refractivity contribution in [3.05, 3.63) is 12.7 Å². The number of hydrogen-bond donors (Lipinski definition) is 3. The van der Waals surface area contributed by atoms with Crippen LogP contribution in [0.5, 0.6) is 0 Å². The molecule has 0 aliphatic heterocycles. The number of nitrogens with one attached hydrogen (secondary N) is 1. The van der Waals surface area contributed by atoms with Crippen LogP contribution in [0.15, 0.2) is 12.7 Å². The molecule has 0 aliphatic carbocycles. The predicted molar refractivity (Wildman–Crippen MR) is 39.6 cm³/mol. The van der Waals surface area contributed by atoms with E-state index in [2.05, 4.69) is 11.9 Å². The van der Waals surface area contributed by atoms with E-state index in [9.17, 15) is 0 Å². The third kappa shape index (κ3) is 4.14. The van der Waals surface area contributed by atoms with Crippen molar-refractivity contribution in [1.82, 2.24) is 5.32 Å². The molecular formula is C6H15N3. The van der Waals surface area contributed by atoms with E-state index in [0.717, 1.165) is 0 Å². The van der Waals surface area contributed by atoms with Crippen molar-refractivity contribution in [2.45, 2.75) is 19.1 Å². The van der Waals surface area contributed by atoms with Gasteiger partial charge in [-0.2, -0.15) is 0 Å². The van der Waals surface area contributed by atoms with Crippen LogP contribution in [-0.4, -0.2) is 12.3 Å². The maximum atomic E-state index is 5.52. The van der Waals surface area contributed by atoms with Gasteiger partial charge in [0.15, 0.2) is 0 Å². The zero-order valence-electron chi connectivity index (χ0n) is 5.85. The lowest BCUT2D eigenvalue weighted by Crippen LogP contribution is -2.60. The Morgan fingerprint density at radius 1 is 1.67 bits per heavy atom. The van der Waals surface area contributed by atoms with E-state index < -0.39 is 5.79 Å². The summed E-state index contributed by atoms with van der Waals surface area (Å²) in [6, 6.07) is 0. The Balaban J connectivity index is 3.44. The fourth-order valence-corrected chi connectivity index (χ4v) is 0.387. The second-order valence-electron chi connectivity index (χ2n) is 2.06. The molecule has 0 amide bonds. The lowest BCUT2D eigenvalue weighted by atomic mass is 10.3. The zero-order valence-corrected chi connectivity index (χ0v) is 5.85. The first kappa shape index (κ1) is 8.62. The SMILES string of the molecule is C=CCNC(N)(N)CC. The fraction of sp³-hybridized carbons (Fsp3) is 0.667. The van der Waals surface area contributed by atoms with Crippen molar-refractivity contribution >= 4 is 0 Å².